The smallest absolute Gasteiger partial charge is 0.571 e. The van der Waals surface area contributed by atoms with E-state index in [0.29, 0.717) is 89.2 Å². The number of pyridine rings is 2. The van der Waals surface area contributed by atoms with Crippen LogP contribution in [-0.4, -0.2) is 165 Å². The minimum Gasteiger partial charge on any atom is -0.571 e. The van der Waals surface area contributed by atoms with Gasteiger partial charge in [-0.3, -0.25) is 9.11 Å². The number of carbonyl (C=O) groups excluding carboxylic acids is 2. The molecular weight excluding hydrogens is 1730 g/mol. The second-order valence-electron chi connectivity index (χ2n) is 24.9. The maximum absolute atomic E-state index is 14.7. The van der Waals surface area contributed by atoms with E-state index in [1.54, 1.807) is 125 Å². The van der Waals surface area contributed by atoms with Crippen LogP contribution in [-0.2, 0) is 64.0 Å². The normalized spacial score (nSPS) is 11.5. The van der Waals surface area contributed by atoms with Gasteiger partial charge < -0.3 is 88.5 Å². The van der Waals surface area contributed by atoms with Crippen molar-refractivity contribution in [1.29, 1.82) is 5.26 Å². The van der Waals surface area contributed by atoms with Crippen LogP contribution >= 0.6 is 0 Å². The predicted molar refractivity (Wildman–Crippen MR) is 442 cm³/mol. The standard InChI is InChI=1S/C38H38FN15O5S.C37H36FN15O6S.2Cu/c1-6-15-42-35-31(52-41-5)23(3)30(40-4)34(46-35)43-16-10-17-44-37-47-36(39)48-38(49-37)45-28-19-26(60(57,58)59)20-29(32(28)56)51-54-33(24-11-8-7-9-12-24)53-50-27-18-22(2)13-14-25(27)21-55;1-21-10-11-24(20-55)27(16-21)49-52-32(23-8-5-4-6-9-23)53-50-29-18-25(60(57,58)59)17-28(31(29)56)44-37-47-35(38)46-36(48-37)43-13-7-12-41-34-30(51-40-3)22(2)26(19-39)33(45-34)42-14-15-54;;/h7-9,11-14,18-20H,6,10,15-17H2,1-3,5H3,(H6-,41,42,43,44,45,46,47,48,49,50,51,52,53,54,55,56,57,58,59);4-6,8-11,16-18,54H,7,12-15H2,1-3H3,(H6-,40,41,42,43,44,45,46,47,48,49,50,51,52,53,55,56,57,58,59);;/q2*-2;2*+2. The van der Waals surface area contributed by atoms with Crippen LogP contribution in [0.1, 0.15) is 76.3 Å². The quantitative estimate of drug-likeness (QED) is 0.00200. The van der Waals surface area contributed by atoms with Crippen LogP contribution < -0.4 is 42.5 Å². The van der Waals surface area contributed by atoms with E-state index < -0.39 is 88.3 Å². The number of nitriles is 1. The van der Waals surface area contributed by atoms with Crippen LogP contribution in [0.3, 0.4) is 0 Å². The van der Waals surface area contributed by atoms with Gasteiger partial charge in [0, 0.05) is 70.1 Å². The van der Waals surface area contributed by atoms with Gasteiger partial charge in [0.1, 0.15) is 40.6 Å². The van der Waals surface area contributed by atoms with E-state index in [1.807, 2.05) is 6.92 Å². The molecule has 0 aliphatic heterocycles. The Morgan fingerprint density at radius 3 is 1.35 bits per heavy atom. The molecule has 0 fully saturated rings. The van der Waals surface area contributed by atoms with Gasteiger partial charge in [-0.05, 0) is 76.0 Å². The number of aryl methyl sites for hydroxylation is 2. The molecule has 47 heteroatoms. The molecule has 13 N–H and O–H groups in total. The summed E-state index contributed by atoms with van der Waals surface area (Å²) >= 11 is 0. The van der Waals surface area contributed by atoms with Crippen LogP contribution in [0.15, 0.2) is 182 Å². The van der Waals surface area contributed by atoms with E-state index >= 15 is 0 Å². The molecule has 0 spiro atoms. The van der Waals surface area contributed by atoms with Crippen molar-refractivity contribution in [1.82, 2.24) is 39.9 Å². The Kier molecular flexibility index (Phi) is 35.7. The van der Waals surface area contributed by atoms with E-state index in [-0.39, 0.29) is 118 Å². The Morgan fingerprint density at radius 2 is 0.943 bits per heavy atom. The SMILES string of the molecule is CN=Nc1c(NCCCNc2nc(F)nc(Nc3cc(S(=O)(=O)O)cc([N-]N=C(N=Nc4cc(C)ccc4[C-]=O)c4ccccc4)c3O)n2)nc(NCCO)c(C#N)c1C.[C-]#[N+]c1c(NCCCNc2nc(F)nc(Nc3cc(S(=O)(=O)O)cc([N-]N=C(N=Nc4cc(C)ccc4[C-]=O)c4ccccc4)c3O)n2)nc(NCCC)c(N=NC)c1C.[Cu+2].[Cu+2]. The summed E-state index contributed by atoms with van der Waals surface area (Å²) in [6.45, 7) is 18.4. The third-order valence-corrected chi connectivity index (χ3v) is 17.9. The number of aliphatic hydroxyl groups is 1. The molecule has 10 aromatic rings. The second-order valence-corrected chi connectivity index (χ2v) is 27.8. The summed E-state index contributed by atoms with van der Waals surface area (Å²) in [6, 6.07) is 31.9. The van der Waals surface area contributed by atoms with Crippen molar-refractivity contribution in [3.05, 3.63) is 206 Å². The zero-order valence-electron chi connectivity index (χ0n) is 65.3. The molecule has 122 heavy (non-hydrogen) atoms. The summed E-state index contributed by atoms with van der Waals surface area (Å²) in [5.74, 6) is -1.51. The molecule has 0 aliphatic rings. The zero-order chi connectivity index (χ0) is 86.5. The van der Waals surface area contributed by atoms with Crippen molar-refractivity contribution >= 4 is 143 Å². The number of phenolic OH excluding ortho intramolecular Hbond substituents is 2. The largest absolute Gasteiger partial charge is 2.00 e. The number of hydrogen-bond acceptors (Lipinski definition) is 34. The third-order valence-electron chi connectivity index (χ3n) is 16.3. The van der Waals surface area contributed by atoms with Gasteiger partial charge in [-0.25, -0.2) is 25.0 Å². The number of amidine groups is 2. The summed E-state index contributed by atoms with van der Waals surface area (Å²) in [4.78, 5) is 56.8. The van der Waals surface area contributed by atoms with E-state index in [1.165, 1.54) is 26.2 Å². The van der Waals surface area contributed by atoms with Crippen LogP contribution in [0.4, 0.5) is 107 Å². The van der Waals surface area contributed by atoms with E-state index in [2.05, 4.69) is 155 Å². The fraction of sp³-hybridized carbons (Fsp3) is 0.227. The Bertz CT molecular complexity index is 5940. The summed E-state index contributed by atoms with van der Waals surface area (Å²) in [6.07, 6.45) is 2.80. The molecule has 0 saturated carbocycles. The monoisotopic (exact) mass is 1800 g/mol. The van der Waals surface area contributed by atoms with E-state index in [9.17, 15) is 64.9 Å². The first kappa shape index (κ1) is 95.1. The molecule has 0 unspecified atom stereocenters. The summed E-state index contributed by atoms with van der Waals surface area (Å²) in [7, 11) is -6.80. The van der Waals surface area contributed by atoms with Crippen molar-refractivity contribution in [3.8, 4) is 17.6 Å². The fourth-order valence-corrected chi connectivity index (χ4v) is 11.6. The van der Waals surface area contributed by atoms with Crippen LogP contribution in [0.25, 0.3) is 15.7 Å². The molecule has 0 bridgehead atoms. The number of halogens is 2. The van der Waals surface area contributed by atoms with Gasteiger partial charge in [0.15, 0.2) is 23.3 Å². The van der Waals surface area contributed by atoms with Gasteiger partial charge in [0.2, 0.25) is 29.5 Å². The molecule has 4 aromatic heterocycles. The minimum absolute atomic E-state index is 0. The number of nitrogens with zero attached hydrogens (tertiary/aromatic N) is 22. The van der Waals surface area contributed by atoms with Gasteiger partial charge in [0.05, 0.1) is 52.5 Å². The van der Waals surface area contributed by atoms with Crippen LogP contribution in [0, 0.1) is 57.8 Å². The first-order valence-corrected chi connectivity index (χ1v) is 38.6. The van der Waals surface area contributed by atoms with E-state index in [0.717, 1.165) is 41.8 Å². The molecule has 4 heterocycles. The topological polar surface area (TPSA) is 583 Å². The fourth-order valence-electron chi connectivity index (χ4n) is 10.5. The van der Waals surface area contributed by atoms with E-state index in [4.69, 9.17) is 6.57 Å². The maximum Gasteiger partial charge on any atom is 2.00 e. The Balaban J connectivity index is 0.000000330. The molecule has 0 saturated heterocycles. The molecule has 10 rings (SSSR count). The molecule has 0 amide bonds. The first-order valence-electron chi connectivity index (χ1n) is 35.8. The van der Waals surface area contributed by atoms with Crippen LogP contribution in [0.2, 0.25) is 0 Å². The maximum atomic E-state index is 14.7. The van der Waals surface area contributed by atoms with Crippen LogP contribution in [0.5, 0.6) is 11.5 Å². The van der Waals surface area contributed by atoms with Crippen molar-refractivity contribution in [3.63, 3.8) is 0 Å². The summed E-state index contributed by atoms with van der Waals surface area (Å²) < 4.78 is 98.3. The Hall–Kier alpha value is -14.0. The average molecular weight is 1800 g/mol. The Morgan fingerprint density at radius 1 is 0.533 bits per heavy atom. The van der Waals surface area contributed by atoms with Gasteiger partial charge in [-0.2, -0.15) is 93.4 Å². The predicted octanol–water partition coefficient (Wildman–Crippen LogP) is 14.6. The van der Waals surface area contributed by atoms with Gasteiger partial charge in [-0.1, -0.05) is 114 Å². The molecule has 6 aromatic carbocycles. The second kappa shape index (κ2) is 45.8. The molecule has 0 atom stereocenters. The van der Waals surface area contributed by atoms with Gasteiger partial charge in [-0.15, -0.1) is 33.5 Å². The van der Waals surface area contributed by atoms with Crippen molar-refractivity contribution in [2.45, 2.75) is 63.7 Å². The summed E-state index contributed by atoms with van der Waals surface area (Å²) in [5, 5.41) is 105. The third kappa shape index (κ3) is 26.5. The molecule has 41 nitrogen and oxygen atoms in total. The molecule has 0 aliphatic carbocycles. The van der Waals surface area contributed by atoms with Gasteiger partial charge >= 0.3 is 46.3 Å². The number of anilines is 10. The van der Waals surface area contributed by atoms with Crippen molar-refractivity contribution < 1.29 is 93.8 Å². The molecule has 2 radical (unpaired) electrons. The molecule has 638 valence electrons. The number of aromatic hydroxyl groups is 2. The summed E-state index contributed by atoms with van der Waals surface area (Å²) in [5.41, 5.74) is 11.8. The minimum atomic E-state index is -4.91. The number of rotatable bonds is 36. The number of aromatic nitrogens is 8. The number of nitrogens with one attached hydrogen (secondary N) is 8. The van der Waals surface area contributed by atoms with Crippen molar-refractivity contribution in [2.24, 2.45) is 51.1 Å². The number of hydrogen-bond donors (Lipinski definition) is 13. The van der Waals surface area contributed by atoms with Crippen molar-refractivity contribution in [2.75, 3.05) is 103 Å². The number of aliphatic hydroxyl groups excluding tert-OH is 1. The number of benzene rings is 6. The number of phenols is 2. The first-order chi connectivity index (χ1) is 57.7. The van der Waals surface area contributed by atoms with Gasteiger partial charge in [0.25, 0.3) is 20.2 Å². The Labute approximate surface area is 718 Å². The zero-order valence-corrected chi connectivity index (χ0v) is 68.8. The average Bonchev–Trinajstić information content (AvgIpc) is 0.811. The number of azo groups is 4. The molecular formula is C75H74Cu2F2N30O11S2.